The largest absolute Gasteiger partial charge is 0.0620 e. The quantitative estimate of drug-likeness (QED) is 0.149. The lowest BCUT2D eigenvalue weighted by atomic mass is 9.84. The van der Waals surface area contributed by atoms with Gasteiger partial charge in [0.25, 0.3) is 0 Å². The van der Waals surface area contributed by atoms with E-state index in [1.165, 1.54) is 121 Å². The van der Waals surface area contributed by atoms with Crippen LogP contribution in [0.15, 0.2) is 194 Å². The summed E-state index contributed by atoms with van der Waals surface area (Å²) in [4.78, 5) is 0. The van der Waals surface area contributed by atoms with E-state index in [4.69, 9.17) is 0 Å². The standard InChI is InChI=1S/C58H44/c1-37-16-5-7-23-47(37)48-32-33-49(40(4)39(48)3)56-36-43(31-30-38(56)2)42-19-13-21-45(34-42)57-52-25-9-11-27-54(52)58(55-28-12-10-26-53(55)57)46-22-14-20-44(35-46)51-29-15-18-41-17-6-8-24-50(41)51/h5-36H,1-4H3. The van der Waals surface area contributed by atoms with Crippen molar-refractivity contribution in [3.8, 4) is 66.8 Å². The van der Waals surface area contributed by atoms with Gasteiger partial charge in [0.05, 0.1) is 0 Å². The summed E-state index contributed by atoms with van der Waals surface area (Å²) in [6, 6.07) is 71.8. The molecule has 276 valence electrons. The minimum absolute atomic E-state index is 1.21. The molecule has 0 saturated heterocycles. The highest BCUT2D eigenvalue weighted by Gasteiger charge is 2.19. The Bertz CT molecular complexity index is 3150. The molecule has 0 aliphatic carbocycles. The maximum absolute atomic E-state index is 2.39. The molecular weight excluding hydrogens is 697 g/mol. The molecule has 0 atom stereocenters. The molecule has 0 aliphatic heterocycles. The van der Waals surface area contributed by atoms with Crippen molar-refractivity contribution in [1.82, 2.24) is 0 Å². The van der Waals surface area contributed by atoms with Crippen LogP contribution in [-0.2, 0) is 0 Å². The first-order chi connectivity index (χ1) is 28.4. The summed E-state index contributed by atoms with van der Waals surface area (Å²) in [6.45, 7) is 8.98. The van der Waals surface area contributed by atoms with E-state index in [1.54, 1.807) is 0 Å². The van der Waals surface area contributed by atoms with Gasteiger partial charge in [0.1, 0.15) is 0 Å². The van der Waals surface area contributed by atoms with Gasteiger partial charge in [0.15, 0.2) is 0 Å². The van der Waals surface area contributed by atoms with E-state index >= 15 is 0 Å². The van der Waals surface area contributed by atoms with Crippen LogP contribution in [0.5, 0.6) is 0 Å². The normalized spacial score (nSPS) is 11.4. The van der Waals surface area contributed by atoms with Gasteiger partial charge in [-0.1, -0.05) is 176 Å². The molecule has 0 N–H and O–H groups in total. The molecule has 0 heteroatoms. The average molecular weight is 741 g/mol. The first-order valence-electron chi connectivity index (χ1n) is 20.3. The molecule has 0 saturated carbocycles. The number of hydrogen-bond acceptors (Lipinski definition) is 0. The topological polar surface area (TPSA) is 0 Å². The van der Waals surface area contributed by atoms with Gasteiger partial charge >= 0.3 is 0 Å². The summed E-state index contributed by atoms with van der Waals surface area (Å²) in [7, 11) is 0. The molecule has 0 radical (unpaired) electrons. The van der Waals surface area contributed by atoms with E-state index < -0.39 is 0 Å². The molecular formula is C58H44. The number of aryl methyl sites for hydroxylation is 2. The third-order valence-electron chi connectivity index (χ3n) is 12.4. The van der Waals surface area contributed by atoms with Gasteiger partial charge in [0.2, 0.25) is 0 Å². The van der Waals surface area contributed by atoms with E-state index in [0.717, 1.165) is 0 Å². The van der Waals surface area contributed by atoms with Gasteiger partial charge < -0.3 is 0 Å². The van der Waals surface area contributed by atoms with Crippen molar-refractivity contribution in [2.24, 2.45) is 0 Å². The van der Waals surface area contributed by atoms with E-state index in [0.29, 0.717) is 0 Å². The van der Waals surface area contributed by atoms with E-state index in [9.17, 15) is 0 Å². The van der Waals surface area contributed by atoms with Crippen molar-refractivity contribution in [2.75, 3.05) is 0 Å². The molecule has 0 fully saturated rings. The minimum Gasteiger partial charge on any atom is -0.0620 e. The Morgan fingerprint density at radius 1 is 0.241 bits per heavy atom. The molecule has 10 aromatic carbocycles. The summed E-state index contributed by atoms with van der Waals surface area (Å²) in [5.41, 5.74) is 20.3. The number of benzene rings is 10. The first-order valence-corrected chi connectivity index (χ1v) is 20.3. The van der Waals surface area contributed by atoms with E-state index in [1.807, 2.05) is 0 Å². The van der Waals surface area contributed by atoms with Crippen LogP contribution in [-0.4, -0.2) is 0 Å². The van der Waals surface area contributed by atoms with Gasteiger partial charge in [0, 0.05) is 0 Å². The van der Waals surface area contributed by atoms with Gasteiger partial charge in [-0.05, 0) is 167 Å². The highest BCUT2D eigenvalue weighted by Crippen LogP contribution is 2.45. The van der Waals surface area contributed by atoms with Gasteiger partial charge in [-0.3, -0.25) is 0 Å². The second-order valence-corrected chi connectivity index (χ2v) is 15.8. The zero-order chi connectivity index (χ0) is 39.3. The highest BCUT2D eigenvalue weighted by molar-refractivity contribution is 6.21. The van der Waals surface area contributed by atoms with Crippen molar-refractivity contribution in [2.45, 2.75) is 27.7 Å². The average Bonchev–Trinajstić information content (AvgIpc) is 3.27. The molecule has 0 unspecified atom stereocenters. The monoisotopic (exact) mass is 740 g/mol. The van der Waals surface area contributed by atoms with Crippen LogP contribution < -0.4 is 0 Å². The molecule has 10 aromatic rings. The lowest BCUT2D eigenvalue weighted by Gasteiger charge is -2.19. The highest BCUT2D eigenvalue weighted by atomic mass is 14.2. The maximum Gasteiger partial charge on any atom is -0.00262 e. The Kier molecular flexibility index (Phi) is 8.84. The van der Waals surface area contributed by atoms with Crippen molar-refractivity contribution < 1.29 is 0 Å². The molecule has 0 nitrogen and oxygen atoms in total. The molecule has 0 amide bonds. The van der Waals surface area contributed by atoms with Crippen LogP contribution in [0, 0.1) is 27.7 Å². The second-order valence-electron chi connectivity index (χ2n) is 15.8. The molecule has 58 heavy (non-hydrogen) atoms. The molecule has 10 rings (SSSR count). The van der Waals surface area contributed by atoms with Crippen LogP contribution in [0.4, 0.5) is 0 Å². The zero-order valence-corrected chi connectivity index (χ0v) is 33.5. The number of fused-ring (bicyclic) bond motifs is 3. The summed E-state index contributed by atoms with van der Waals surface area (Å²) >= 11 is 0. The van der Waals surface area contributed by atoms with Crippen LogP contribution in [0.2, 0.25) is 0 Å². The predicted molar refractivity (Wildman–Crippen MR) is 251 cm³/mol. The Morgan fingerprint density at radius 2 is 0.672 bits per heavy atom. The predicted octanol–water partition coefficient (Wildman–Crippen LogP) is 16.4. The molecule has 0 aromatic heterocycles. The fraction of sp³-hybridized carbons (Fsp3) is 0.0690. The first kappa shape index (κ1) is 35.4. The Balaban J connectivity index is 1.10. The fourth-order valence-corrected chi connectivity index (χ4v) is 9.30. The van der Waals surface area contributed by atoms with E-state index in [2.05, 4.69) is 222 Å². The molecule has 0 aliphatic rings. The van der Waals surface area contributed by atoms with Crippen molar-refractivity contribution >= 4 is 32.3 Å². The van der Waals surface area contributed by atoms with Gasteiger partial charge in [-0.15, -0.1) is 0 Å². The molecule has 0 heterocycles. The maximum atomic E-state index is 2.39. The number of rotatable bonds is 6. The van der Waals surface area contributed by atoms with Gasteiger partial charge in [-0.25, -0.2) is 0 Å². The third-order valence-corrected chi connectivity index (χ3v) is 12.4. The van der Waals surface area contributed by atoms with Crippen molar-refractivity contribution in [3.05, 3.63) is 216 Å². The van der Waals surface area contributed by atoms with Crippen LogP contribution in [0.1, 0.15) is 22.3 Å². The van der Waals surface area contributed by atoms with Gasteiger partial charge in [-0.2, -0.15) is 0 Å². The summed E-state index contributed by atoms with van der Waals surface area (Å²) in [6.07, 6.45) is 0. The van der Waals surface area contributed by atoms with E-state index in [-0.39, 0.29) is 0 Å². The molecule has 0 bridgehead atoms. The van der Waals surface area contributed by atoms with Crippen LogP contribution in [0.25, 0.3) is 99.1 Å². The smallest absolute Gasteiger partial charge is 0.00262 e. The summed E-state index contributed by atoms with van der Waals surface area (Å²) in [5, 5.41) is 7.56. The van der Waals surface area contributed by atoms with Crippen molar-refractivity contribution in [3.63, 3.8) is 0 Å². The fourth-order valence-electron chi connectivity index (χ4n) is 9.30. The zero-order valence-electron chi connectivity index (χ0n) is 33.5. The Morgan fingerprint density at radius 3 is 1.31 bits per heavy atom. The SMILES string of the molecule is Cc1ccccc1-c1ccc(-c2cc(-c3cccc(-c4c5ccccc5c(-c5cccc(-c6cccc7ccccc67)c5)c5ccccc45)c3)ccc2C)c(C)c1C. The lowest BCUT2D eigenvalue weighted by molar-refractivity contribution is 1.32. The summed E-state index contributed by atoms with van der Waals surface area (Å²) < 4.78 is 0. The number of hydrogen-bond donors (Lipinski definition) is 0. The Labute approximate surface area is 341 Å². The lowest BCUT2D eigenvalue weighted by Crippen LogP contribution is -1.95. The van der Waals surface area contributed by atoms with Crippen LogP contribution >= 0.6 is 0 Å². The minimum atomic E-state index is 1.21. The summed E-state index contributed by atoms with van der Waals surface area (Å²) in [5.74, 6) is 0. The molecule has 0 spiro atoms. The van der Waals surface area contributed by atoms with Crippen molar-refractivity contribution in [1.29, 1.82) is 0 Å². The Hall–Kier alpha value is -7.02. The van der Waals surface area contributed by atoms with Crippen LogP contribution in [0.3, 0.4) is 0 Å². The second kappa shape index (κ2) is 14.5. The third kappa shape index (κ3) is 6.01.